The summed E-state index contributed by atoms with van der Waals surface area (Å²) in [6.45, 7) is 5.94. The van der Waals surface area contributed by atoms with Crippen LogP contribution in [0.1, 0.15) is 24.0 Å². The minimum absolute atomic E-state index is 0.441. The number of rotatable bonds is 4. The van der Waals surface area contributed by atoms with Crippen LogP contribution in [0.25, 0.3) is 0 Å². The smallest absolute Gasteiger partial charge is 0.243 e. The van der Waals surface area contributed by atoms with Crippen LogP contribution in [0.5, 0.6) is 0 Å². The van der Waals surface area contributed by atoms with E-state index in [4.69, 9.17) is 0 Å². The molecular weight excluding hydrogens is 310 g/mol. The van der Waals surface area contributed by atoms with Gasteiger partial charge in [-0.3, -0.25) is 0 Å². The Balaban J connectivity index is 1.68. The molecule has 5 nitrogen and oxygen atoms in total. The predicted molar refractivity (Wildman–Crippen MR) is 89.6 cm³/mol. The van der Waals surface area contributed by atoms with Gasteiger partial charge in [0, 0.05) is 32.0 Å². The number of hydrogen-bond acceptors (Lipinski definition) is 3. The molecular formula is C17H23N3O2S. The van der Waals surface area contributed by atoms with E-state index in [1.54, 1.807) is 16.6 Å². The second-order valence-electron chi connectivity index (χ2n) is 6.38. The highest BCUT2D eigenvalue weighted by molar-refractivity contribution is 7.89. The molecule has 1 aromatic carbocycles. The summed E-state index contributed by atoms with van der Waals surface area (Å²) < 4.78 is 29.4. The van der Waals surface area contributed by atoms with Crippen molar-refractivity contribution in [1.82, 2.24) is 13.9 Å². The molecule has 0 saturated carbocycles. The lowest BCUT2D eigenvalue weighted by Crippen LogP contribution is -2.39. The van der Waals surface area contributed by atoms with Gasteiger partial charge in [-0.2, -0.15) is 4.31 Å². The van der Waals surface area contributed by atoms with Crippen LogP contribution in [-0.2, 0) is 16.6 Å². The molecule has 0 N–H and O–H groups in total. The SMILES string of the molecule is Cc1ccc(S(=O)(=O)N2CCC(Cn3ccnc3)CC2)c(C)c1. The van der Waals surface area contributed by atoms with Crippen LogP contribution in [0.4, 0.5) is 0 Å². The van der Waals surface area contributed by atoms with Crippen LogP contribution in [0, 0.1) is 19.8 Å². The third-order valence-electron chi connectivity index (χ3n) is 4.55. The summed E-state index contributed by atoms with van der Waals surface area (Å²) in [5, 5.41) is 0. The van der Waals surface area contributed by atoms with Crippen LogP contribution in [0.3, 0.4) is 0 Å². The number of benzene rings is 1. The third kappa shape index (κ3) is 3.48. The van der Waals surface area contributed by atoms with E-state index in [1.807, 2.05) is 38.5 Å². The Morgan fingerprint density at radius 2 is 1.96 bits per heavy atom. The first kappa shape index (κ1) is 16.2. The molecule has 1 aliphatic heterocycles. The molecule has 1 aliphatic rings. The molecule has 1 saturated heterocycles. The van der Waals surface area contributed by atoms with Crippen molar-refractivity contribution in [3.05, 3.63) is 48.0 Å². The van der Waals surface area contributed by atoms with E-state index in [9.17, 15) is 8.42 Å². The van der Waals surface area contributed by atoms with Crippen molar-refractivity contribution >= 4 is 10.0 Å². The van der Waals surface area contributed by atoms with Crippen molar-refractivity contribution in [1.29, 1.82) is 0 Å². The molecule has 1 aromatic heterocycles. The average molecular weight is 333 g/mol. The third-order valence-corrected chi connectivity index (χ3v) is 6.61. The van der Waals surface area contributed by atoms with Crippen LogP contribution < -0.4 is 0 Å². The molecule has 0 radical (unpaired) electrons. The van der Waals surface area contributed by atoms with Gasteiger partial charge in [0.1, 0.15) is 0 Å². The van der Waals surface area contributed by atoms with Gasteiger partial charge in [-0.05, 0) is 44.2 Å². The van der Waals surface area contributed by atoms with E-state index in [-0.39, 0.29) is 0 Å². The van der Waals surface area contributed by atoms with Crippen molar-refractivity contribution in [2.24, 2.45) is 5.92 Å². The average Bonchev–Trinajstić information content (AvgIpc) is 3.00. The molecule has 3 rings (SSSR count). The number of sulfonamides is 1. The van der Waals surface area contributed by atoms with Crippen LogP contribution in [0.2, 0.25) is 0 Å². The summed E-state index contributed by atoms with van der Waals surface area (Å²) in [5.74, 6) is 0.509. The van der Waals surface area contributed by atoms with Gasteiger partial charge in [-0.15, -0.1) is 0 Å². The highest BCUT2D eigenvalue weighted by Gasteiger charge is 2.30. The van der Waals surface area contributed by atoms with Gasteiger partial charge in [0.05, 0.1) is 11.2 Å². The zero-order chi connectivity index (χ0) is 16.4. The maximum absolute atomic E-state index is 12.9. The van der Waals surface area contributed by atoms with Crippen molar-refractivity contribution in [3.63, 3.8) is 0 Å². The van der Waals surface area contributed by atoms with Gasteiger partial charge in [0.25, 0.3) is 0 Å². The van der Waals surface area contributed by atoms with Gasteiger partial charge in [0.2, 0.25) is 10.0 Å². The summed E-state index contributed by atoms with van der Waals surface area (Å²) in [6, 6.07) is 5.53. The largest absolute Gasteiger partial charge is 0.337 e. The van der Waals surface area contributed by atoms with Crippen LogP contribution >= 0.6 is 0 Å². The lowest BCUT2D eigenvalue weighted by Gasteiger charge is -2.31. The van der Waals surface area contributed by atoms with E-state index in [1.165, 1.54) is 0 Å². The van der Waals surface area contributed by atoms with E-state index >= 15 is 0 Å². The summed E-state index contributed by atoms with van der Waals surface area (Å²) in [6.07, 6.45) is 7.34. The molecule has 0 amide bonds. The van der Waals surface area contributed by atoms with E-state index in [0.29, 0.717) is 23.9 Å². The monoisotopic (exact) mass is 333 g/mol. The minimum Gasteiger partial charge on any atom is -0.337 e. The molecule has 6 heteroatoms. The van der Waals surface area contributed by atoms with Crippen LogP contribution in [0.15, 0.2) is 41.8 Å². The van der Waals surface area contributed by atoms with Crippen LogP contribution in [-0.4, -0.2) is 35.4 Å². The predicted octanol–water partition coefficient (Wildman–Crippen LogP) is 2.60. The fraction of sp³-hybridized carbons (Fsp3) is 0.471. The molecule has 0 unspecified atom stereocenters. The maximum atomic E-state index is 12.9. The molecule has 2 aromatic rings. The fourth-order valence-electron chi connectivity index (χ4n) is 3.25. The molecule has 2 heterocycles. The number of aromatic nitrogens is 2. The Bertz CT molecular complexity index is 761. The summed E-state index contributed by atoms with van der Waals surface area (Å²) in [4.78, 5) is 4.50. The van der Waals surface area contributed by atoms with Crippen molar-refractivity contribution in [2.45, 2.75) is 38.1 Å². The molecule has 0 spiro atoms. The molecule has 0 aliphatic carbocycles. The standard InChI is InChI=1S/C17H23N3O2S/c1-14-3-4-17(15(2)11-14)23(21,22)20-8-5-16(6-9-20)12-19-10-7-18-13-19/h3-4,7,10-11,13,16H,5-6,8-9,12H2,1-2H3. The maximum Gasteiger partial charge on any atom is 0.243 e. The first-order valence-corrected chi connectivity index (χ1v) is 9.44. The molecule has 0 atom stereocenters. The Morgan fingerprint density at radius 3 is 2.57 bits per heavy atom. The minimum atomic E-state index is -3.38. The first-order valence-electron chi connectivity index (χ1n) is 8.00. The topological polar surface area (TPSA) is 55.2 Å². The lowest BCUT2D eigenvalue weighted by molar-refractivity contribution is 0.253. The van der Waals surface area contributed by atoms with E-state index < -0.39 is 10.0 Å². The highest BCUT2D eigenvalue weighted by Crippen LogP contribution is 2.26. The Kier molecular flexibility index (Phi) is 4.55. The number of piperidine rings is 1. The summed E-state index contributed by atoms with van der Waals surface area (Å²) >= 11 is 0. The number of imidazole rings is 1. The van der Waals surface area contributed by atoms with Gasteiger partial charge < -0.3 is 4.57 Å². The van der Waals surface area contributed by atoms with Crippen molar-refractivity contribution < 1.29 is 8.42 Å². The molecule has 0 bridgehead atoms. The van der Waals surface area contributed by atoms with Crippen molar-refractivity contribution in [2.75, 3.05) is 13.1 Å². The van der Waals surface area contributed by atoms with E-state index in [0.717, 1.165) is 30.5 Å². The summed E-state index contributed by atoms with van der Waals surface area (Å²) in [5.41, 5.74) is 1.91. The van der Waals surface area contributed by atoms with Crippen molar-refractivity contribution in [3.8, 4) is 0 Å². The normalized spacial score (nSPS) is 17.5. The second kappa shape index (κ2) is 6.45. The van der Waals surface area contributed by atoms with Gasteiger partial charge in [-0.1, -0.05) is 17.7 Å². The van der Waals surface area contributed by atoms with E-state index in [2.05, 4.69) is 9.55 Å². The number of hydrogen-bond donors (Lipinski definition) is 0. The number of aryl methyl sites for hydroxylation is 2. The van der Waals surface area contributed by atoms with Gasteiger partial charge >= 0.3 is 0 Å². The zero-order valence-corrected chi connectivity index (χ0v) is 14.5. The van der Waals surface area contributed by atoms with Gasteiger partial charge in [-0.25, -0.2) is 13.4 Å². The molecule has 1 fully saturated rings. The molecule has 23 heavy (non-hydrogen) atoms. The van der Waals surface area contributed by atoms with Gasteiger partial charge in [0.15, 0.2) is 0 Å². The lowest BCUT2D eigenvalue weighted by atomic mass is 9.98. The molecule has 124 valence electrons. The second-order valence-corrected chi connectivity index (χ2v) is 8.28. The zero-order valence-electron chi connectivity index (χ0n) is 13.6. The summed E-state index contributed by atoms with van der Waals surface area (Å²) in [7, 11) is -3.38. The Morgan fingerprint density at radius 1 is 1.22 bits per heavy atom. The fourth-order valence-corrected chi connectivity index (χ4v) is 4.93. The first-order chi connectivity index (χ1) is 11.0. The Labute approximate surface area is 138 Å². The highest BCUT2D eigenvalue weighted by atomic mass is 32.2. The number of nitrogens with zero attached hydrogens (tertiary/aromatic N) is 3. The Hall–Kier alpha value is -1.66. The quantitative estimate of drug-likeness (QED) is 0.864.